The van der Waals surface area contributed by atoms with Crippen molar-refractivity contribution in [1.29, 1.82) is 0 Å². The van der Waals surface area contributed by atoms with Gasteiger partial charge in [0.1, 0.15) is 44.0 Å². The third-order valence-electron chi connectivity index (χ3n) is 13.1. The molecule has 77 heavy (non-hydrogen) atoms. The number of allylic oxidation sites excluding steroid dienone is 7. The molecule has 0 bridgehead atoms. The van der Waals surface area contributed by atoms with Gasteiger partial charge in [0.25, 0.3) is 11.8 Å². The zero-order valence-corrected chi connectivity index (χ0v) is 53.2. The molecule has 0 radical (unpaired) electrons. The van der Waals surface area contributed by atoms with Crippen molar-refractivity contribution in [3.63, 3.8) is 0 Å². The first-order valence-electron chi connectivity index (χ1n) is 23.5. The molecule has 0 spiro atoms. The second kappa shape index (κ2) is 28.5. The van der Waals surface area contributed by atoms with Gasteiger partial charge in [0.15, 0.2) is 5.71 Å². The first kappa shape index (κ1) is 68.1. The number of benzene rings is 3. The molecule has 20 nitrogen and oxygen atoms in total. The van der Waals surface area contributed by atoms with Crippen LogP contribution in [0.15, 0.2) is 117 Å². The summed E-state index contributed by atoms with van der Waals surface area (Å²) in [5.74, 6) is -1.55. The predicted octanol–water partition coefficient (Wildman–Crippen LogP) is -3.15. The molecule has 0 atom stereocenters. The number of amides is 2. The van der Waals surface area contributed by atoms with E-state index in [0.717, 1.165) is 33.8 Å². The van der Waals surface area contributed by atoms with E-state index in [4.69, 9.17) is 22.2 Å². The zero-order chi connectivity index (χ0) is 54.4. The van der Waals surface area contributed by atoms with Crippen LogP contribution in [0.4, 0.5) is 11.4 Å². The molecule has 1 saturated heterocycles. The molecule has 7 rings (SSSR count). The van der Waals surface area contributed by atoms with Crippen molar-refractivity contribution >= 4 is 75.8 Å². The quantitative estimate of drug-likeness (QED) is 0.0286. The van der Waals surface area contributed by atoms with E-state index in [-0.39, 0.29) is 125 Å². The minimum Gasteiger partial charge on any atom is -0.748 e. The Bertz CT molecular complexity index is 3340. The normalized spacial score (nSPS) is 17.8. The van der Waals surface area contributed by atoms with Gasteiger partial charge in [-0.15, -0.1) is 23.8 Å². The van der Waals surface area contributed by atoms with E-state index in [2.05, 4.69) is 24.5 Å². The average molecular weight is 1170 g/mol. The van der Waals surface area contributed by atoms with Crippen LogP contribution in [0, 0.1) is 6.07 Å². The molecule has 1 aliphatic carbocycles. The summed E-state index contributed by atoms with van der Waals surface area (Å²) in [5.41, 5.74) is 5.16. The molecule has 3 heterocycles. The predicted molar refractivity (Wildman–Crippen MR) is 263 cm³/mol. The molecule has 3 aliphatic heterocycles. The van der Waals surface area contributed by atoms with Crippen LogP contribution >= 0.6 is 0 Å². The minimum atomic E-state index is -4.80. The van der Waals surface area contributed by atoms with Gasteiger partial charge in [0.05, 0.1) is 19.9 Å². The van der Waals surface area contributed by atoms with E-state index < -0.39 is 80.2 Å². The topological polar surface area (TPSA) is 302 Å². The smallest absolute Gasteiger partial charge is 0.748 e. The van der Waals surface area contributed by atoms with Crippen molar-refractivity contribution < 1.29 is 169 Å². The standard InChI is InChI=1S/C50H57N3O14S3.3Na.O3S/c1-49(2)39-15-7-8-16-41(39)51(31-10-11-32-68(57,58)59)43(49)26-18-34-13-12-14-35(48(34)66-36-20-22-37(23-21-36)69(60,61)62)19-27-44-50(3,4)40-33-38(70(63,64)65)24-25-42(40)52(44)30-9-5-6-17-47(56)67-53-45(54)28-29-46(53)55;;;;1-4(2)3/h8,15-16,18-27,33H,5-6,9-14,17,28-32H2,1-4H3,(H,57,58,59)(H,60,61,62)(H,63,64,65);;;;/q;3*+1;/p-3. The fraction of sp³-hybridized carbons (Fsp3) is 0.400. The summed E-state index contributed by atoms with van der Waals surface area (Å²) in [7, 11) is -17.0. The largest absolute Gasteiger partial charge is 1.00 e. The number of fused-ring (bicyclic) bond motifs is 2. The molecule has 1 fully saturated rings. The zero-order valence-electron chi connectivity index (χ0n) is 43.9. The van der Waals surface area contributed by atoms with Crippen LogP contribution in [0.3, 0.4) is 0 Å². The Hall–Kier alpha value is -3.15. The second-order valence-corrected chi connectivity index (χ2v) is 23.5. The molecule has 2 amide bonds. The van der Waals surface area contributed by atoms with Crippen LogP contribution in [0.2, 0.25) is 0 Å². The van der Waals surface area contributed by atoms with Crippen molar-refractivity contribution in [1.82, 2.24) is 5.06 Å². The number of hydroxylamine groups is 2. The number of hydrogen-bond acceptors (Lipinski definition) is 18. The molecule has 27 heteroatoms. The van der Waals surface area contributed by atoms with E-state index in [0.29, 0.717) is 80.1 Å². The van der Waals surface area contributed by atoms with E-state index >= 15 is 0 Å². The Morgan fingerprint density at radius 1 is 0.753 bits per heavy atom. The number of carbonyl (C=O) groups excluding carboxylic acids is 3. The average Bonchev–Trinajstić information content (AvgIpc) is 3.82. The van der Waals surface area contributed by atoms with Crippen LogP contribution in [-0.2, 0) is 71.0 Å². The third-order valence-corrected chi connectivity index (χ3v) is 15.5. The van der Waals surface area contributed by atoms with Gasteiger partial charge < -0.3 is 28.1 Å². The van der Waals surface area contributed by atoms with Crippen molar-refractivity contribution in [3.05, 3.63) is 125 Å². The number of nitrogens with zero attached hydrogens (tertiary/aromatic N) is 3. The maximum Gasteiger partial charge on any atom is 1.00 e. The van der Waals surface area contributed by atoms with Crippen LogP contribution < -0.4 is 98.3 Å². The van der Waals surface area contributed by atoms with E-state index in [9.17, 15) is 53.3 Å². The Balaban J connectivity index is 0.00000215. The number of anilines is 1. The van der Waals surface area contributed by atoms with Gasteiger partial charge >= 0.3 is 105 Å². The molecule has 0 unspecified atom stereocenters. The summed E-state index contributed by atoms with van der Waals surface area (Å²) in [6, 6.07) is 18.3. The Morgan fingerprint density at radius 2 is 1.38 bits per heavy atom. The molecule has 0 saturated carbocycles. The second-order valence-electron chi connectivity index (χ2n) is 18.9. The van der Waals surface area contributed by atoms with Gasteiger partial charge in [-0.2, -0.15) is 18.2 Å². The van der Waals surface area contributed by atoms with Gasteiger partial charge in [0.2, 0.25) is 0 Å². The Morgan fingerprint density at radius 3 is 1.99 bits per heavy atom. The van der Waals surface area contributed by atoms with Crippen LogP contribution in [0.25, 0.3) is 0 Å². The molecule has 0 aromatic heterocycles. The fourth-order valence-corrected chi connectivity index (χ4v) is 11.0. The molecule has 3 aromatic carbocycles. The number of ether oxygens (including phenoxy) is 1. The molecule has 398 valence electrons. The number of carbonyl (C=O) groups is 3. The SMILES string of the molecule is CC1(C)C(=CC=C2CCCC(C=CC3=[N+](CCCCS(=O)(=O)[O-])c4cc[c-]cc4C3(C)C)=C2Oc2ccc(S(=O)(=O)[O-])cc2)N(CCCCCC(=O)ON2C(=O)CCC2=O)c2ccc(S(=O)(=O)[O-])cc21.O=S(=O)=O.[Na+].[Na+].[Na+]. The van der Waals surface area contributed by atoms with Gasteiger partial charge in [-0.3, -0.25) is 9.59 Å². The molecule has 3 aromatic rings. The molecule has 4 aliphatic rings. The minimum absolute atomic E-state index is 0. The van der Waals surface area contributed by atoms with Gasteiger partial charge in [-0.05, 0) is 110 Å². The van der Waals surface area contributed by atoms with E-state index in [1.54, 1.807) is 6.07 Å². The van der Waals surface area contributed by atoms with Crippen molar-refractivity contribution in [2.24, 2.45) is 0 Å². The summed E-state index contributed by atoms with van der Waals surface area (Å²) in [6.45, 7) is 8.87. The summed E-state index contributed by atoms with van der Waals surface area (Å²) in [4.78, 5) is 42.6. The number of hydrogen-bond donors (Lipinski definition) is 0. The van der Waals surface area contributed by atoms with Crippen LogP contribution in [-0.4, -0.2) is 104 Å². The maximum atomic E-state index is 12.5. The van der Waals surface area contributed by atoms with E-state index in [1.165, 1.54) is 36.4 Å². The summed E-state index contributed by atoms with van der Waals surface area (Å²) >= 11 is 0. The molecular weight excluding hydrogens is 1110 g/mol. The van der Waals surface area contributed by atoms with Gasteiger partial charge in [0, 0.05) is 66.3 Å². The molecule has 0 N–H and O–H groups in total. The monoisotopic (exact) mass is 1170 g/mol. The third kappa shape index (κ3) is 17.7. The van der Waals surface area contributed by atoms with E-state index in [1.807, 2.05) is 61.3 Å². The first-order valence-corrected chi connectivity index (χ1v) is 28.9. The van der Waals surface area contributed by atoms with Gasteiger partial charge in [-0.1, -0.05) is 45.8 Å². The molecular formula is C50H54N3Na3O17S4. The Kier molecular flexibility index (Phi) is 25.2. The number of rotatable bonds is 19. The number of unbranched alkanes of at least 4 members (excludes halogenated alkanes) is 3. The maximum absolute atomic E-state index is 12.5. The summed E-state index contributed by atoms with van der Waals surface area (Å²) in [6.07, 6.45) is 11.7. The van der Waals surface area contributed by atoms with Crippen molar-refractivity contribution in [2.45, 2.75) is 119 Å². The number of imide groups is 1. The van der Waals surface area contributed by atoms with Crippen molar-refractivity contribution in [2.75, 3.05) is 23.7 Å². The first-order chi connectivity index (χ1) is 34.6. The van der Waals surface area contributed by atoms with Gasteiger partial charge in [-0.25, -0.2) is 34.6 Å². The van der Waals surface area contributed by atoms with Crippen LogP contribution in [0.5, 0.6) is 5.75 Å². The van der Waals surface area contributed by atoms with Crippen molar-refractivity contribution in [3.8, 4) is 5.75 Å². The fourth-order valence-electron chi connectivity index (χ4n) is 9.43. The Labute approximate surface area is 517 Å². The van der Waals surface area contributed by atoms with Crippen LogP contribution in [0.1, 0.15) is 109 Å². The summed E-state index contributed by atoms with van der Waals surface area (Å²) < 4.78 is 140. The summed E-state index contributed by atoms with van der Waals surface area (Å²) in [5, 5.41) is 0.518.